The Morgan fingerprint density at radius 3 is 2.50 bits per heavy atom. The average Bonchev–Trinajstić information content (AvgIpc) is 2.38. The molecule has 1 saturated heterocycles. The van der Waals surface area contributed by atoms with E-state index >= 15 is 0 Å². The van der Waals surface area contributed by atoms with Crippen molar-refractivity contribution in [3.05, 3.63) is 28.7 Å². The number of hydrogen-bond donors (Lipinski definition) is 1. The molecule has 0 amide bonds. The number of carboxylic acids is 1. The molecule has 0 aromatic heterocycles. The van der Waals surface area contributed by atoms with Gasteiger partial charge in [0.2, 0.25) is 10.0 Å². The Morgan fingerprint density at radius 1 is 1.35 bits per heavy atom. The maximum Gasteiger partial charge on any atom is 0.308 e. The highest BCUT2D eigenvalue weighted by Gasteiger charge is 2.39. The van der Waals surface area contributed by atoms with E-state index in [1.165, 1.54) is 16.4 Å². The van der Waals surface area contributed by atoms with Gasteiger partial charge in [-0.3, -0.25) is 4.79 Å². The zero-order chi connectivity index (χ0) is 14.9. The number of aliphatic carboxylic acids is 1. The van der Waals surface area contributed by atoms with E-state index in [1.54, 1.807) is 19.1 Å². The maximum absolute atomic E-state index is 12.6. The first kappa shape index (κ1) is 15.5. The van der Waals surface area contributed by atoms with Crippen LogP contribution in [0, 0.1) is 5.92 Å². The standard InChI is InChI=1S/C13H16BrNO4S/c1-9-12(13(16)17)3-2-8-15(9)20(18,19)11-6-4-10(14)5-7-11/h4-7,9,12H,2-3,8H2,1H3,(H,16,17)/t9-,12-/m1/s1. The highest BCUT2D eigenvalue weighted by atomic mass is 79.9. The van der Waals surface area contributed by atoms with Crippen LogP contribution in [0.25, 0.3) is 0 Å². The highest BCUT2D eigenvalue weighted by Crippen LogP contribution is 2.29. The molecule has 1 aromatic carbocycles. The number of nitrogens with zero attached hydrogens (tertiary/aromatic N) is 1. The Kier molecular flexibility index (Phi) is 4.51. The third kappa shape index (κ3) is 2.89. The van der Waals surface area contributed by atoms with Crippen molar-refractivity contribution in [3.8, 4) is 0 Å². The predicted molar refractivity (Wildman–Crippen MR) is 77.9 cm³/mol. The molecule has 0 bridgehead atoms. The summed E-state index contributed by atoms with van der Waals surface area (Å²) in [5, 5.41) is 9.17. The first-order valence-electron chi connectivity index (χ1n) is 6.34. The van der Waals surface area contributed by atoms with E-state index in [-0.39, 0.29) is 4.90 Å². The Balaban J connectivity index is 2.33. The summed E-state index contributed by atoms with van der Waals surface area (Å²) in [6.45, 7) is 2.03. The topological polar surface area (TPSA) is 74.7 Å². The largest absolute Gasteiger partial charge is 0.481 e. The number of benzene rings is 1. The molecule has 1 heterocycles. The van der Waals surface area contributed by atoms with Crippen LogP contribution >= 0.6 is 15.9 Å². The van der Waals surface area contributed by atoms with Crippen LogP contribution in [0.3, 0.4) is 0 Å². The first-order valence-corrected chi connectivity index (χ1v) is 8.57. The molecule has 20 heavy (non-hydrogen) atoms. The molecule has 1 aromatic rings. The zero-order valence-corrected chi connectivity index (χ0v) is 13.4. The number of carboxylic acid groups (broad SMARTS) is 1. The molecule has 0 unspecified atom stereocenters. The lowest BCUT2D eigenvalue weighted by Crippen LogP contribution is -2.48. The van der Waals surface area contributed by atoms with E-state index in [9.17, 15) is 18.3 Å². The summed E-state index contributed by atoms with van der Waals surface area (Å²) in [4.78, 5) is 11.4. The second-order valence-corrected chi connectivity index (χ2v) is 7.70. The fraction of sp³-hybridized carbons (Fsp3) is 0.462. The molecule has 1 aliphatic rings. The molecular formula is C13H16BrNO4S. The van der Waals surface area contributed by atoms with E-state index in [4.69, 9.17) is 0 Å². The summed E-state index contributed by atoms with van der Waals surface area (Å²) in [5.74, 6) is -1.58. The number of carbonyl (C=O) groups is 1. The molecule has 110 valence electrons. The van der Waals surface area contributed by atoms with E-state index in [0.717, 1.165) is 4.47 Å². The summed E-state index contributed by atoms with van der Waals surface area (Å²) in [7, 11) is -3.65. The summed E-state index contributed by atoms with van der Waals surface area (Å²) in [6, 6.07) is 5.84. The van der Waals surface area contributed by atoms with Gasteiger partial charge in [-0.15, -0.1) is 0 Å². The normalized spacial score (nSPS) is 24.5. The number of piperidine rings is 1. The molecule has 1 aliphatic heterocycles. The highest BCUT2D eigenvalue weighted by molar-refractivity contribution is 9.10. The molecule has 0 aliphatic carbocycles. The minimum absolute atomic E-state index is 0.193. The van der Waals surface area contributed by atoms with E-state index in [1.807, 2.05) is 0 Å². The smallest absolute Gasteiger partial charge is 0.308 e. The minimum Gasteiger partial charge on any atom is -0.481 e. The summed E-state index contributed by atoms with van der Waals surface area (Å²) >= 11 is 3.26. The van der Waals surface area contributed by atoms with Crippen LogP contribution in [-0.2, 0) is 14.8 Å². The van der Waals surface area contributed by atoms with Gasteiger partial charge in [0.25, 0.3) is 0 Å². The Bertz CT molecular complexity index is 599. The SMILES string of the molecule is C[C@@H]1[C@H](C(=O)O)CCCN1S(=O)(=O)c1ccc(Br)cc1. The fourth-order valence-electron chi connectivity index (χ4n) is 2.52. The third-order valence-corrected chi connectivity index (χ3v) is 6.20. The van der Waals surface area contributed by atoms with Gasteiger partial charge in [0.05, 0.1) is 10.8 Å². The van der Waals surface area contributed by atoms with E-state index in [2.05, 4.69) is 15.9 Å². The lowest BCUT2D eigenvalue weighted by Gasteiger charge is -2.36. The van der Waals surface area contributed by atoms with Gasteiger partial charge in [-0.05, 0) is 44.0 Å². The van der Waals surface area contributed by atoms with Gasteiger partial charge in [-0.2, -0.15) is 4.31 Å². The van der Waals surface area contributed by atoms with Crippen molar-refractivity contribution in [3.63, 3.8) is 0 Å². The van der Waals surface area contributed by atoms with Crippen molar-refractivity contribution in [2.24, 2.45) is 5.92 Å². The third-order valence-electron chi connectivity index (χ3n) is 3.67. The van der Waals surface area contributed by atoms with E-state index < -0.39 is 28.0 Å². The molecule has 5 nitrogen and oxygen atoms in total. The Hall–Kier alpha value is -0.920. The van der Waals surface area contributed by atoms with Gasteiger partial charge in [-0.25, -0.2) is 8.42 Å². The number of halogens is 1. The predicted octanol–water partition coefficient (Wildman–Crippen LogP) is 2.32. The summed E-state index contributed by atoms with van der Waals surface area (Å²) < 4.78 is 27.3. The molecule has 2 atom stereocenters. The van der Waals surface area contributed by atoms with Gasteiger partial charge in [-0.1, -0.05) is 15.9 Å². The van der Waals surface area contributed by atoms with Gasteiger partial charge >= 0.3 is 5.97 Å². The van der Waals surface area contributed by atoms with Crippen LogP contribution in [0.5, 0.6) is 0 Å². The van der Waals surface area contributed by atoms with Gasteiger partial charge < -0.3 is 5.11 Å². The van der Waals surface area contributed by atoms with Gasteiger partial charge in [0.1, 0.15) is 0 Å². The molecule has 0 radical (unpaired) electrons. The quantitative estimate of drug-likeness (QED) is 0.896. The molecule has 2 rings (SSSR count). The number of hydrogen-bond acceptors (Lipinski definition) is 3. The van der Waals surface area contributed by atoms with Crippen molar-refractivity contribution in [1.82, 2.24) is 4.31 Å². The molecular weight excluding hydrogens is 346 g/mol. The van der Waals surface area contributed by atoms with Crippen LogP contribution in [0.1, 0.15) is 19.8 Å². The van der Waals surface area contributed by atoms with Crippen LogP contribution in [0.15, 0.2) is 33.6 Å². The van der Waals surface area contributed by atoms with Crippen LogP contribution in [0.4, 0.5) is 0 Å². The van der Waals surface area contributed by atoms with Crippen LogP contribution in [-0.4, -0.2) is 36.4 Å². The second-order valence-electron chi connectivity index (χ2n) is 4.90. The molecule has 1 N–H and O–H groups in total. The van der Waals surface area contributed by atoms with Crippen molar-refractivity contribution in [1.29, 1.82) is 0 Å². The van der Waals surface area contributed by atoms with Crippen molar-refractivity contribution >= 4 is 31.9 Å². The Morgan fingerprint density at radius 2 is 1.95 bits per heavy atom. The maximum atomic E-state index is 12.6. The Labute approximate surface area is 126 Å². The fourth-order valence-corrected chi connectivity index (χ4v) is 4.49. The van der Waals surface area contributed by atoms with Crippen molar-refractivity contribution < 1.29 is 18.3 Å². The molecule has 0 spiro atoms. The number of rotatable bonds is 3. The van der Waals surface area contributed by atoms with E-state index in [0.29, 0.717) is 19.4 Å². The van der Waals surface area contributed by atoms with Crippen LogP contribution < -0.4 is 0 Å². The monoisotopic (exact) mass is 361 g/mol. The molecule has 1 fully saturated rings. The summed E-state index contributed by atoms with van der Waals surface area (Å²) in [5.41, 5.74) is 0. The average molecular weight is 362 g/mol. The zero-order valence-electron chi connectivity index (χ0n) is 11.0. The number of sulfonamides is 1. The second kappa shape index (κ2) is 5.83. The minimum atomic E-state index is -3.65. The first-order chi connectivity index (χ1) is 9.34. The van der Waals surface area contributed by atoms with Gasteiger partial charge in [0, 0.05) is 17.1 Å². The molecule has 0 saturated carbocycles. The molecule has 7 heteroatoms. The van der Waals surface area contributed by atoms with Gasteiger partial charge in [0.15, 0.2) is 0 Å². The lowest BCUT2D eigenvalue weighted by atomic mass is 9.92. The van der Waals surface area contributed by atoms with Crippen molar-refractivity contribution in [2.75, 3.05) is 6.54 Å². The lowest BCUT2D eigenvalue weighted by molar-refractivity contribution is -0.144. The van der Waals surface area contributed by atoms with Crippen LogP contribution in [0.2, 0.25) is 0 Å². The van der Waals surface area contributed by atoms with Crippen molar-refractivity contribution in [2.45, 2.75) is 30.7 Å². The summed E-state index contributed by atoms with van der Waals surface area (Å²) in [6.07, 6.45) is 1.08.